The van der Waals surface area contributed by atoms with E-state index in [1.54, 1.807) is 20.3 Å². The molecule has 3 aliphatic carbocycles. The second-order valence-electron chi connectivity index (χ2n) is 13.7. The molecule has 8 nitrogen and oxygen atoms in total. The molecular weight excluding hydrogens is 488 g/mol. The molecule has 0 amide bonds. The number of aromatic hydroxyl groups is 1. The number of allylic oxidation sites excluding steroid dienone is 1. The molecule has 0 radical (unpaired) electrons. The molecule has 3 saturated heterocycles. The van der Waals surface area contributed by atoms with E-state index in [0.29, 0.717) is 29.9 Å². The zero-order chi connectivity index (χ0) is 27.4. The smallest absolute Gasteiger partial charge is 0.208 e. The fraction of sp³-hybridized carbons (Fsp3) is 0.700. The van der Waals surface area contributed by atoms with Gasteiger partial charge in [0, 0.05) is 42.4 Å². The Morgan fingerprint density at radius 1 is 1.16 bits per heavy atom. The molecule has 0 unspecified atom stereocenters. The summed E-state index contributed by atoms with van der Waals surface area (Å²) in [6.07, 6.45) is 2.24. The number of carbonyl (C=O) groups is 1. The Labute approximate surface area is 223 Å². The number of Topliss-reactive ketones (excluding diaryl/α,β-unsaturated/α-hetero) is 1. The van der Waals surface area contributed by atoms with Gasteiger partial charge in [-0.3, -0.25) is 4.79 Å². The number of ether oxygens (including phenoxy) is 6. The predicted octanol–water partition coefficient (Wildman–Crippen LogP) is 4.30. The van der Waals surface area contributed by atoms with Crippen molar-refractivity contribution in [2.75, 3.05) is 14.2 Å². The van der Waals surface area contributed by atoms with Crippen LogP contribution in [0.25, 0.3) is 0 Å². The van der Waals surface area contributed by atoms with Gasteiger partial charge >= 0.3 is 0 Å². The Morgan fingerprint density at radius 2 is 1.87 bits per heavy atom. The lowest BCUT2D eigenvalue weighted by Gasteiger charge is -2.68. The molecule has 4 heterocycles. The summed E-state index contributed by atoms with van der Waals surface area (Å²) in [7, 11) is 3.18. The van der Waals surface area contributed by atoms with Crippen molar-refractivity contribution in [3.8, 4) is 17.2 Å². The van der Waals surface area contributed by atoms with E-state index < -0.39 is 45.6 Å². The standard InChI is InChI=1S/C30H38O8/c1-10-25(2,3)20-16(33-8)12-15(31)19-22(32)21-23(34-9)14-11-17-26(4,5)37-28(29(17,21)36-24(19)20)13-18-27(6,7)38-30(14,28)35-18/h10,12,14,17-18,21,23,31H,1,11,13H2,2-9H3/t14-,17-,18-,21+,23-,28+,29-,30-/m1/s1. The van der Waals surface area contributed by atoms with Crippen LogP contribution in [-0.4, -0.2) is 65.5 Å². The second-order valence-corrected chi connectivity index (χ2v) is 13.7. The zero-order valence-corrected chi connectivity index (χ0v) is 23.5. The van der Waals surface area contributed by atoms with Crippen LogP contribution in [0.2, 0.25) is 0 Å². The van der Waals surface area contributed by atoms with Crippen LogP contribution in [0.15, 0.2) is 18.7 Å². The van der Waals surface area contributed by atoms with E-state index in [4.69, 9.17) is 28.4 Å². The fourth-order valence-corrected chi connectivity index (χ4v) is 9.29. The molecule has 1 aromatic carbocycles. The molecule has 3 spiro atoms. The summed E-state index contributed by atoms with van der Waals surface area (Å²) in [5, 5.41) is 11.2. The third kappa shape index (κ3) is 2.31. The zero-order valence-electron chi connectivity index (χ0n) is 23.5. The van der Waals surface area contributed by atoms with E-state index in [0.717, 1.165) is 0 Å². The molecule has 38 heavy (non-hydrogen) atoms. The highest BCUT2D eigenvalue weighted by molar-refractivity contribution is 6.06. The maximum Gasteiger partial charge on any atom is 0.208 e. The van der Waals surface area contributed by atoms with E-state index in [-0.39, 0.29) is 35.0 Å². The van der Waals surface area contributed by atoms with Crippen LogP contribution in [0, 0.1) is 17.8 Å². The topological polar surface area (TPSA) is 92.7 Å². The molecule has 8 heteroatoms. The maximum atomic E-state index is 14.7. The number of hydrogen-bond donors (Lipinski definition) is 1. The largest absolute Gasteiger partial charge is 0.507 e. The number of ketones is 1. The monoisotopic (exact) mass is 526 g/mol. The maximum absolute atomic E-state index is 14.7. The number of hydrogen-bond acceptors (Lipinski definition) is 8. The van der Waals surface area contributed by atoms with Crippen LogP contribution in [0.3, 0.4) is 0 Å². The Bertz CT molecular complexity index is 1300. The Kier molecular flexibility index (Phi) is 4.43. The summed E-state index contributed by atoms with van der Waals surface area (Å²) >= 11 is 0. The number of rotatable bonds is 4. The van der Waals surface area contributed by atoms with Crippen LogP contribution in [0.5, 0.6) is 17.2 Å². The lowest BCUT2D eigenvalue weighted by atomic mass is 9.43. The van der Waals surface area contributed by atoms with Crippen molar-refractivity contribution in [1.29, 1.82) is 0 Å². The van der Waals surface area contributed by atoms with Gasteiger partial charge in [0.05, 0.1) is 36.4 Å². The number of phenolic OH excluding ortho intramolecular Hbond substituents is 1. The van der Waals surface area contributed by atoms with E-state index in [1.165, 1.54) is 6.07 Å². The summed E-state index contributed by atoms with van der Waals surface area (Å²) in [5.74, 6) is -1.81. The Balaban J connectivity index is 1.57. The third-order valence-electron chi connectivity index (χ3n) is 10.8. The molecule has 6 bridgehead atoms. The second kappa shape index (κ2) is 6.77. The average Bonchev–Trinajstić information content (AvgIpc) is 3.36. The van der Waals surface area contributed by atoms with Gasteiger partial charge in [-0.25, -0.2) is 0 Å². The first kappa shape index (κ1) is 24.9. The quantitative estimate of drug-likeness (QED) is 0.581. The summed E-state index contributed by atoms with van der Waals surface area (Å²) in [6.45, 7) is 16.3. The van der Waals surface area contributed by atoms with Gasteiger partial charge in [-0.05, 0) is 34.1 Å². The van der Waals surface area contributed by atoms with E-state index in [2.05, 4.69) is 20.4 Å². The molecule has 3 saturated carbocycles. The number of methoxy groups -OCH3 is 2. The van der Waals surface area contributed by atoms with Crippen molar-refractivity contribution in [2.45, 2.75) is 100 Å². The minimum absolute atomic E-state index is 0.137. The van der Waals surface area contributed by atoms with Crippen molar-refractivity contribution in [3.63, 3.8) is 0 Å². The molecule has 4 aliphatic heterocycles. The first-order valence-electron chi connectivity index (χ1n) is 13.6. The van der Waals surface area contributed by atoms with Gasteiger partial charge in [0.15, 0.2) is 17.0 Å². The van der Waals surface area contributed by atoms with Gasteiger partial charge in [-0.1, -0.05) is 19.9 Å². The van der Waals surface area contributed by atoms with Crippen molar-refractivity contribution < 1.29 is 38.3 Å². The van der Waals surface area contributed by atoms with Gasteiger partial charge < -0.3 is 33.5 Å². The van der Waals surface area contributed by atoms with Crippen LogP contribution in [-0.2, 0) is 24.4 Å². The Hall–Kier alpha value is -2.13. The number of carbonyl (C=O) groups excluding carboxylic acids is 1. The van der Waals surface area contributed by atoms with Crippen molar-refractivity contribution in [1.82, 2.24) is 0 Å². The van der Waals surface area contributed by atoms with E-state index in [9.17, 15) is 9.90 Å². The normalized spacial score (nSPS) is 44.3. The molecular formula is C30H38O8. The lowest BCUT2D eigenvalue weighted by molar-refractivity contribution is -0.387. The fourth-order valence-electron chi connectivity index (χ4n) is 9.29. The van der Waals surface area contributed by atoms with Gasteiger partial charge in [0.2, 0.25) is 5.79 Å². The van der Waals surface area contributed by atoms with Crippen LogP contribution in [0.4, 0.5) is 0 Å². The number of phenols is 1. The molecule has 1 aromatic rings. The third-order valence-corrected chi connectivity index (χ3v) is 10.8. The highest BCUT2D eigenvalue weighted by Gasteiger charge is 2.95. The van der Waals surface area contributed by atoms with E-state index in [1.807, 2.05) is 27.7 Å². The summed E-state index contributed by atoms with van der Waals surface area (Å²) in [4.78, 5) is 14.7. The van der Waals surface area contributed by atoms with Gasteiger partial charge in [0.1, 0.15) is 22.8 Å². The highest BCUT2D eigenvalue weighted by atomic mass is 16.8. The SMILES string of the molecule is C=CC(C)(C)c1c(OC)cc(O)c2c1O[C@]13[C@@H]4C[C@H]([C@@H](OC)[C@@H]1C2=O)[C@]12O[C@H](C[C@@]13OC4(C)C)C(C)(C)O2. The summed E-state index contributed by atoms with van der Waals surface area (Å²) < 4.78 is 40.0. The van der Waals surface area contributed by atoms with Crippen LogP contribution >= 0.6 is 0 Å². The highest BCUT2D eigenvalue weighted by Crippen LogP contribution is 2.79. The first-order valence-corrected chi connectivity index (χ1v) is 13.6. The molecule has 0 aromatic heterocycles. The first-order chi connectivity index (χ1) is 17.7. The van der Waals surface area contributed by atoms with Crippen molar-refractivity contribution >= 4 is 5.78 Å². The molecule has 206 valence electrons. The van der Waals surface area contributed by atoms with Crippen LogP contribution < -0.4 is 9.47 Å². The van der Waals surface area contributed by atoms with Gasteiger partial charge in [0.25, 0.3) is 0 Å². The van der Waals surface area contributed by atoms with Crippen LogP contribution in [0.1, 0.15) is 70.3 Å². The predicted molar refractivity (Wildman–Crippen MR) is 137 cm³/mol. The molecule has 8 atom stereocenters. The average molecular weight is 527 g/mol. The van der Waals surface area contributed by atoms with Gasteiger partial charge in [-0.15, -0.1) is 6.58 Å². The van der Waals surface area contributed by atoms with E-state index >= 15 is 0 Å². The molecule has 1 N–H and O–H groups in total. The number of benzene rings is 1. The minimum atomic E-state index is -1.13. The number of fused-ring (bicyclic) bond motifs is 2. The Morgan fingerprint density at radius 3 is 2.47 bits per heavy atom. The molecule has 7 aliphatic rings. The van der Waals surface area contributed by atoms with Crippen molar-refractivity contribution in [3.05, 3.63) is 29.8 Å². The lowest BCUT2D eigenvalue weighted by Crippen LogP contribution is -2.86. The van der Waals surface area contributed by atoms with Gasteiger partial charge in [-0.2, -0.15) is 0 Å². The molecule has 6 fully saturated rings. The van der Waals surface area contributed by atoms with Crippen molar-refractivity contribution in [2.24, 2.45) is 17.8 Å². The molecule has 8 rings (SSSR count). The summed E-state index contributed by atoms with van der Waals surface area (Å²) in [6, 6.07) is 1.50. The summed E-state index contributed by atoms with van der Waals surface area (Å²) in [5.41, 5.74) is -3.11. The minimum Gasteiger partial charge on any atom is -0.507 e.